The van der Waals surface area contributed by atoms with Crippen LogP contribution in [0.4, 0.5) is 4.79 Å². The van der Waals surface area contributed by atoms with Gasteiger partial charge < -0.3 is 14.4 Å². The molecule has 0 saturated carbocycles. The first-order valence-electron chi connectivity index (χ1n) is 10.1. The van der Waals surface area contributed by atoms with E-state index in [1.165, 1.54) is 0 Å². The molecule has 6 nitrogen and oxygen atoms in total. The van der Waals surface area contributed by atoms with Crippen molar-refractivity contribution in [2.45, 2.75) is 25.3 Å². The summed E-state index contributed by atoms with van der Waals surface area (Å²) in [6.07, 6.45) is 1.23. The van der Waals surface area contributed by atoms with Gasteiger partial charge in [0.15, 0.2) is 0 Å². The number of piperazine rings is 1. The van der Waals surface area contributed by atoms with Crippen LogP contribution in [0.5, 0.6) is 5.75 Å². The molecule has 2 aromatic carbocycles. The molecule has 6 heteroatoms. The Labute approximate surface area is 171 Å². The van der Waals surface area contributed by atoms with Crippen LogP contribution in [-0.2, 0) is 11.2 Å². The number of ether oxygens (including phenoxy) is 2. The van der Waals surface area contributed by atoms with Gasteiger partial charge in [0.1, 0.15) is 17.9 Å². The van der Waals surface area contributed by atoms with Crippen molar-refractivity contribution < 1.29 is 19.1 Å². The van der Waals surface area contributed by atoms with Crippen molar-refractivity contribution in [3.8, 4) is 5.75 Å². The lowest BCUT2D eigenvalue weighted by molar-refractivity contribution is 0.0372. The standard InChI is InChI=1S/C23H26N2O4/c1-2-14-28-20-11-7-6-10-19(20)21(26)24-12-13-25-22(27)29-17-23(25,16-24)15-18-8-4-3-5-9-18/h3-11H,2,12-17H2,1H3. The van der Waals surface area contributed by atoms with Crippen molar-refractivity contribution in [3.63, 3.8) is 0 Å². The van der Waals surface area contributed by atoms with Gasteiger partial charge in [0.05, 0.1) is 12.2 Å². The summed E-state index contributed by atoms with van der Waals surface area (Å²) in [5, 5.41) is 0. The van der Waals surface area contributed by atoms with Crippen molar-refractivity contribution in [1.82, 2.24) is 9.80 Å². The summed E-state index contributed by atoms with van der Waals surface area (Å²) in [4.78, 5) is 29.3. The monoisotopic (exact) mass is 394 g/mol. The molecule has 0 aliphatic carbocycles. The van der Waals surface area contributed by atoms with Gasteiger partial charge in [0, 0.05) is 26.1 Å². The first kappa shape index (κ1) is 19.3. The predicted molar refractivity (Wildman–Crippen MR) is 109 cm³/mol. The lowest BCUT2D eigenvalue weighted by Gasteiger charge is -2.44. The number of para-hydroxylation sites is 1. The van der Waals surface area contributed by atoms with Gasteiger partial charge in [-0.3, -0.25) is 9.69 Å². The maximum Gasteiger partial charge on any atom is 0.410 e. The average molecular weight is 394 g/mol. The first-order chi connectivity index (χ1) is 14.1. The number of nitrogens with zero attached hydrogens (tertiary/aromatic N) is 2. The Morgan fingerprint density at radius 1 is 1.10 bits per heavy atom. The van der Waals surface area contributed by atoms with Crippen LogP contribution in [0.3, 0.4) is 0 Å². The molecule has 4 rings (SSSR count). The Kier molecular flexibility index (Phi) is 5.43. The highest BCUT2D eigenvalue weighted by atomic mass is 16.6. The van der Waals surface area contributed by atoms with Crippen molar-refractivity contribution in [2.75, 3.05) is 32.8 Å². The largest absolute Gasteiger partial charge is 0.493 e. The summed E-state index contributed by atoms with van der Waals surface area (Å²) in [6, 6.07) is 17.4. The second-order valence-corrected chi connectivity index (χ2v) is 7.66. The van der Waals surface area contributed by atoms with Gasteiger partial charge >= 0.3 is 6.09 Å². The molecule has 1 unspecified atom stereocenters. The summed E-state index contributed by atoms with van der Waals surface area (Å²) in [6.45, 7) is 4.28. The van der Waals surface area contributed by atoms with Gasteiger partial charge in [0.2, 0.25) is 0 Å². The molecule has 2 aromatic rings. The van der Waals surface area contributed by atoms with Crippen molar-refractivity contribution in [1.29, 1.82) is 0 Å². The lowest BCUT2D eigenvalue weighted by Crippen LogP contribution is -2.63. The number of rotatable bonds is 6. The van der Waals surface area contributed by atoms with E-state index in [2.05, 4.69) is 0 Å². The lowest BCUT2D eigenvalue weighted by atomic mass is 9.88. The number of cyclic esters (lactones) is 1. The fraction of sp³-hybridized carbons (Fsp3) is 0.391. The molecule has 2 saturated heterocycles. The highest BCUT2D eigenvalue weighted by Gasteiger charge is 2.51. The Morgan fingerprint density at radius 3 is 2.66 bits per heavy atom. The molecular formula is C23H26N2O4. The van der Waals surface area contributed by atoms with Crippen molar-refractivity contribution in [2.24, 2.45) is 0 Å². The summed E-state index contributed by atoms with van der Waals surface area (Å²) in [5.41, 5.74) is 1.15. The quantitative estimate of drug-likeness (QED) is 0.754. The Morgan fingerprint density at radius 2 is 1.86 bits per heavy atom. The average Bonchev–Trinajstić information content (AvgIpc) is 3.08. The Balaban J connectivity index is 1.59. The SMILES string of the molecule is CCCOc1ccccc1C(=O)N1CCN2C(=O)OCC2(Cc2ccccc2)C1. The molecule has 1 atom stereocenters. The zero-order valence-corrected chi connectivity index (χ0v) is 16.7. The van der Waals surface area contributed by atoms with Crippen LogP contribution in [0, 0.1) is 0 Å². The van der Waals surface area contributed by atoms with E-state index in [0.717, 1.165) is 12.0 Å². The molecular weight excluding hydrogens is 368 g/mol. The van der Waals surface area contributed by atoms with E-state index in [1.54, 1.807) is 11.0 Å². The maximum atomic E-state index is 13.4. The number of carbonyl (C=O) groups excluding carboxylic acids is 2. The highest BCUT2D eigenvalue weighted by molar-refractivity contribution is 5.97. The number of hydrogen-bond donors (Lipinski definition) is 0. The normalized spacial score (nSPS) is 20.9. The third kappa shape index (κ3) is 3.79. The van der Waals surface area contributed by atoms with Gasteiger partial charge in [-0.2, -0.15) is 0 Å². The van der Waals surface area contributed by atoms with E-state index in [1.807, 2.05) is 60.4 Å². The third-order valence-electron chi connectivity index (χ3n) is 5.58. The van der Waals surface area contributed by atoms with Crippen LogP contribution in [0.2, 0.25) is 0 Å². The number of carbonyl (C=O) groups is 2. The molecule has 2 fully saturated rings. The minimum Gasteiger partial charge on any atom is -0.493 e. The number of benzene rings is 2. The molecule has 29 heavy (non-hydrogen) atoms. The first-order valence-corrected chi connectivity index (χ1v) is 10.1. The van der Waals surface area contributed by atoms with E-state index in [9.17, 15) is 9.59 Å². The van der Waals surface area contributed by atoms with Crippen LogP contribution in [0.1, 0.15) is 29.3 Å². The zero-order chi connectivity index (χ0) is 20.3. The second-order valence-electron chi connectivity index (χ2n) is 7.66. The Bertz CT molecular complexity index is 885. The van der Waals surface area contributed by atoms with E-state index in [0.29, 0.717) is 50.6 Å². The molecule has 0 aromatic heterocycles. The summed E-state index contributed by atoms with van der Waals surface area (Å²) in [5.74, 6) is 0.542. The summed E-state index contributed by atoms with van der Waals surface area (Å²) < 4.78 is 11.2. The van der Waals surface area contributed by atoms with Crippen molar-refractivity contribution in [3.05, 3.63) is 65.7 Å². The van der Waals surface area contributed by atoms with E-state index in [-0.39, 0.29) is 12.0 Å². The summed E-state index contributed by atoms with van der Waals surface area (Å²) in [7, 11) is 0. The van der Waals surface area contributed by atoms with E-state index >= 15 is 0 Å². The minimum absolute atomic E-state index is 0.0665. The van der Waals surface area contributed by atoms with Crippen LogP contribution in [-0.4, -0.2) is 60.2 Å². The molecule has 2 heterocycles. The van der Waals surface area contributed by atoms with Gasteiger partial charge in [-0.25, -0.2) is 4.79 Å². The number of hydrogen-bond acceptors (Lipinski definition) is 4. The van der Waals surface area contributed by atoms with E-state index in [4.69, 9.17) is 9.47 Å². The zero-order valence-electron chi connectivity index (χ0n) is 16.7. The minimum atomic E-state index is -0.536. The molecule has 2 aliphatic rings. The van der Waals surface area contributed by atoms with Gasteiger partial charge in [0.25, 0.3) is 5.91 Å². The fourth-order valence-corrected chi connectivity index (χ4v) is 4.16. The van der Waals surface area contributed by atoms with Crippen LogP contribution >= 0.6 is 0 Å². The maximum absolute atomic E-state index is 13.4. The molecule has 0 radical (unpaired) electrons. The molecule has 152 valence electrons. The van der Waals surface area contributed by atoms with Gasteiger partial charge in [-0.1, -0.05) is 49.4 Å². The smallest absolute Gasteiger partial charge is 0.410 e. The number of amides is 2. The molecule has 2 amide bonds. The van der Waals surface area contributed by atoms with Gasteiger partial charge in [-0.05, 0) is 24.1 Å². The molecule has 0 spiro atoms. The van der Waals surface area contributed by atoms with Crippen LogP contribution in [0.15, 0.2) is 54.6 Å². The Hall–Kier alpha value is -3.02. The third-order valence-corrected chi connectivity index (χ3v) is 5.58. The van der Waals surface area contributed by atoms with E-state index < -0.39 is 5.54 Å². The second kappa shape index (κ2) is 8.15. The summed E-state index contributed by atoms with van der Waals surface area (Å²) >= 11 is 0. The molecule has 0 bridgehead atoms. The molecule has 2 aliphatic heterocycles. The fourth-order valence-electron chi connectivity index (χ4n) is 4.16. The highest BCUT2D eigenvalue weighted by Crippen LogP contribution is 2.33. The van der Waals surface area contributed by atoms with Crippen LogP contribution < -0.4 is 4.74 Å². The van der Waals surface area contributed by atoms with Crippen LogP contribution in [0.25, 0.3) is 0 Å². The topological polar surface area (TPSA) is 59.1 Å². The number of fused-ring (bicyclic) bond motifs is 1. The predicted octanol–water partition coefficient (Wildman–Crippen LogP) is 3.36. The van der Waals surface area contributed by atoms with Gasteiger partial charge in [-0.15, -0.1) is 0 Å². The van der Waals surface area contributed by atoms with Crippen molar-refractivity contribution >= 4 is 12.0 Å². The molecule has 0 N–H and O–H groups in total.